The molecule has 0 amide bonds. The Morgan fingerprint density at radius 2 is 0.887 bits per heavy atom. The van der Waals surface area contributed by atoms with Crippen molar-refractivity contribution >= 4 is 46.0 Å². The minimum absolute atomic E-state index is 0. The molecule has 8 nitrogen and oxygen atoms in total. The summed E-state index contributed by atoms with van der Waals surface area (Å²) in [6, 6.07) is 57.5. The summed E-state index contributed by atoms with van der Waals surface area (Å²) in [5, 5.41) is 9.40. The Morgan fingerprint density at radius 3 is 1.35 bits per heavy atom. The molecule has 6 heterocycles. The zero-order chi connectivity index (χ0) is 40.7. The summed E-state index contributed by atoms with van der Waals surface area (Å²) in [5.74, 6) is 0.770. The van der Waals surface area contributed by atoms with Crippen LogP contribution in [-0.4, -0.2) is 32.1 Å². The summed E-state index contributed by atoms with van der Waals surface area (Å²) in [6.07, 6.45) is 8.23. The third kappa shape index (κ3) is 6.94. The molecule has 0 fully saturated rings. The molecule has 2 aliphatic heterocycles. The van der Waals surface area contributed by atoms with E-state index in [4.69, 9.17) is 29.9 Å². The summed E-state index contributed by atoms with van der Waals surface area (Å²) in [6.45, 7) is 0. The zero-order valence-corrected chi connectivity index (χ0v) is 34.3. The molecule has 2 aliphatic rings. The van der Waals surface area contributed by atoms with Gasteiger partial charge in [-0.15, -0.1) is 27.2 Å². The van der Waals surface area contributed by atoms with E-state index in [0.717, 1.165) is 101 Å². The van der Waals surface area contributed by atoms with Gasteiger partial charge in [0.15, 0.2) is 0 Å². The van der Waals surface area contributed by atoms with Crippen LogP contribution in [0.25, 0.3) is 102 Å². The van der Waals surface area contributed by atoms with Crippen LogP contribution in [0.1, 0.15) is 22.8 Å². The van der Waals surface area contributed by atoms with E-state index in [9.17, 15) is 0 Å². The quantitative estimate of drug-likeness (QED) is 0.147. The molecule has 0 saturated carbocycles. The molecule has 0 radical (unpaired) electrons. The van der Waals surface area contributed by atoms with Gasteiger partial charge in [0, 0.05) is 5.56 Å². The fraction of sp³-hybridized carbons (Fsp3) is 0.0189. The minimum atomic E-state index is 0. The number of fused-ring (bicyclic) bond motifs is 8. The van der Waals surface area contributed by atoms with Gasteiger partial charge in [-0.1, -0.05) is 151 Å². The number of nitrogens with zero attached hydrogens (tertiary/aromatic N) is 7. The molecule has 298 valence electrons. The van der Waals surface area contributed by atoms with Crippen molar-refractivity contribution in [1.29, 1.82) is 0 Å². The van der Waals surface area contributed by atoms with Gasteiger partial charge in [-0.25, -0.2) is 14.6 Å². The van der Waals surface area contributed by atoms with Crippen molar-refractivity contribution in [2.45, 2.75) is 0 Å². The second-order valence-electron chi connectivity index (χ2n) is 14.8. The van der Waals surface area contributed by atoms with Gasteiger partial charge in [0.25, 0.3) is 0 Å². The molecule has 0 unspecified atom stereocenters. The summed E-state index contributed by atoms with van der Waals surface area (Å²) in [7, 11) is 1.66. The van der Waals surface area contributed by atoms with Crippen molar-refractivity contribution in [1.82, 2.24) is 34.9 Å². The van der Waals surface area contributed by atoms with Gasteiger partial charge in [0.2, 0.25) is 0 Å². The Morgan fingerprint density at radius 1 is 0.452 bits per heavy atom. The van der Waals surface area contributed by atoms with E-state index >= 15 is 0 Å². The Balaban J connectivity index is 0.00000458. The van der Waals surface area contributed by atoms with E-state index < -0.39 is 0 Å². The van der Waals surface area contributed by atoms with Crippen molar-refractivity contribution in [2.24, 2.45) is 0 Å². The largest absolute Gasteiger partial charge is 2.00 e. The molecule has 0 aliphatic carbocycles. The molecule has 5 aromatic carbocycles. The van der Waals surface area contributed by atoms with Crippen LogP contribution in [0.2, 0.25) is 0 Å². The molecule has 4 aromatic heterocycles. The van der Waals surface area contributed by atoms with E-state index in [0.29, 0.717) is 11.4 Å². The van der Waals surface area contributed by atoms with Crippen LogP contribution in [0.4, 0.5) is 0 Å². The predicted octanol–water partition coefficient (Wildman–Crippen LogP) is 11.7. The number of rotatable bonds is 7. The SMILES string of the molecule is COc1ccc(-c2cn(C3=Cc4nc3c(-c3ccccc3)c3ccc([n-]3)c(-c3ccccc3)c3nc(c(-c5ccccc5)c5ccc([n-]5)c4-c4ccccc4)C=C3)nn2)cc1.[Ni+2]. The van der Waals surface area contributed by atoms with Crippen LogP contribution >= 0.6 is 0 Å². The molecule has 0 N–H and O–H groups in total. The van der Waals surface area contributed by atoms with E-state index in [1.54, 1.807) is 7.11 Å². The fourth-order valence-electron chi connectivity index (χ4n) is 8.20. The van der Waals surface area contributed by atoms with Gasteiger partial charge >= 0.3 is 16.5 Å². The third-order valence-electron chi connectivity index (χ3n) is 11.1. The summed E-state index contributed by atoms with van der Waals surface area (Å²) in [5.41, 5.74) is 16.2. The molecule has 62 heavy (non-hydrogen) atoms. The van der Waals surface area contributed by atoms with E-state index in [2.05, 4.69) is 108 Å². The van der Waals surface area contributed by atoms with Crippen molar-refractivity contribution in [3.8, 4) is 61.5 Å². The van der Waals surface area contributed by atoms with Crippen LogP contribution in [0.5, 0.6) is 5.75 Å². The van der Waals surface area contributed by atoms with Crippen molar-refractivity contribution < 1.29 is 21.2 Å². The van der Waals surface area contributed by atoms with Gasteiger partial charge in [-0.3, -0.25) is 0 Å². The molecule has 9 heteroatoms. The van der Waals surface area contributed by atoms with Crippen LogP contribution in [0, 0.1) is 0 Å². The van der Waals surface area contributed by atoms with Crippen LogP contribution in [0.15, 0.2) is 176 Å². The number of benzene rings is 5. The van der Waals surface area contributed by atoms with Crippen LogP contribution in [-0.2, 0) is 16.5 Å². The van der Waals surface area contributed by atoms with Gasteiger partial charge in [-0.05, 0) is 87.0 Å². The summed E-state index contributed by atoms with van der Waals surface area (Å²) < 4.78 is 7.24. The Labute approximate surface area is 367 Å². The van der Waals surface area contributed by atoms with E-state index in [1.165, 1.54) is 0 Å². The van der Waals surface area contributed by atoms with Gasteiger partial charge in [0.05, 0.1) is 41.8 Å². The molecular weight excluding hydrogens is 809 g/mol. The molecule has 0 saturated heterocycles. The Bertz CT molecular complexity index is 3320. The van der Waals surface area contributed by atoms with E-state index in [-0.39, 0.29) is 16.5 Å². The normalized spacial score (nSPS) is 11.9. The summed E-state index contributed by atoms with van der Waals surface area (Å²) >= 11 is 0. The molecule has 9 aromatic rings. The Hall–Kier alpha value is -7.87. The van der Waals surface area contributed by atoms with Crippen molar-refractivity contribution in [3.05, 3.63) is 199 Å². The topological polar surface area (TPSA) is 93.9 Å². The Kier molecular flexibility index (Phi) is 10.1. The van der Waals surface area contributed by atoms with Crippen molar-refractivity contribution in [2.75, 3.05) is 7.11 Å². The number of hydrogen-bond donors (Lipinski definition) is 0. The maximum absolute atomic E-state index is 5.58. The van der Waals surface area contributed by atoms with Gasteiger partial charge < -0.3 is 14.7 Å². The first-order valence-corrected chi connectivity index (χ1v) is 20.1. The van der Waals surface area contributed by atoms with Gasteiger partial charge in [-0.2, -0.15) is 0 Å². The maximum atomic E-state index is 5.58. The van der Waals surface area contributed by atoms with Crippen molar-refractivity contribution in [3.63, 3.8) is 0 Å². The fourth-order valence-corrected chi connectivity index (χ4v) is 8.20. The number of methoxy groups -OCH3 is 1. The average molecular weight is 845 g/mol. The smallest absolute Gasteiger partial charge is 0.657 e. The number of aromatic nitrogens is 7. The second kappa shape index (κ2) is 16.3. The first-order valence-electron chi connectivity index (χ1n) is 20.1. The van der Waals surface area contributed by atoms with Gasteiger partial charge in [0.1, 0.15) is 11.4 Å². The van der Waals surface area contributed by atoms with Crippen LogP contribution < -0.4 is 14.7 Å². The third-order valence-corrected chi connectivity index (χ3v) is 11.1. The minimum Gasteiger partial charge on any atom is -0.657 e. The van der Waals surface area contributed by atoms with Crippen LogP contribution in [0.3, 0.4) is 0 Å². The molecule has 11 rings (SSSR count). The second-order valence-corrected chi connectivity index (χ2v) is 14.8. The average Bonchev–Trinajstić information content (AvgIpc) is 4.19. The maximum Gasteiger partial charge on any atom is 2.00 e. The first kappa shape index (κ1) is 38.3. The van der Waals surface area contributed by atoms with E-state index in [1.807, 2.05) is 95.8 Å². The molecule has 0 atom stereocenters. The standard InChI is InChI=1S/C53H35N7O.Ni/c1-61-39-24-22-34(23-25-39)47-33-60(59-58-47)48-32-46-51(37-18-10-4-11-19-37)44-29-28-42(55-44)49(35-14-6-2-7-15-35)40-26-27-41(54-40)50(36-16-8-3-9-17-36)43-30-31-45(56-43)52(53(48)57-46)38-20-12-5-13-21-38;/h2-33H,1H3;/q-2;+2. The monoisotopic (exact) mass is 843 g/mol. The number of ether oxygens (including phenoxy) is 1. The predicted molar refractivity (Wildman–Crippen MR) is 245 cm³/mol. The molecular formula is C53H35N7NiO. The number of hydrogen-bond acceptors (Lipinski definition) is 5. The zero-order valence-electron chi connectivity index (χ0n) is 33.3. The molecule has 8 bridgehead atoms. The summed E-state index contributed by atoms with van der Waals surface area (Å²) in [4.78, 5) is 21.8. The molecule has 0 spiro atoms. The first-order chi connectivity index (χ1) is 30.2.